The van der Waals surface area contributed by atoms with E-state index >= 15 is 0 Å². The van der Waals surface area contributed by atoms with Crippen LogP contribution < -0.4 is 5.32 Å². The highest BCUT2D eigenvalue weighted by atomic mass is 16.4. The molecule has 3 atom stereocenters. The predicted molar refractivity (Wildman–Crippen MR) is 79.6 cm³/mol. The molecule has 3 rings (SSSR count). The van der Waals surface area contributed by atoms with E-state index in [0.29, 0.717) is 17.8 Å². The van der Waals surface area contributed by atoms with Crippen molar-refractivity contribution in [3.05, 3.63) is 18.0 Å². The second kappa shape index (κ2) is 5.72. The number of hydrogen-bond donors (Lipinski definition) is 2. The number of piperidine rings is 1. The zero-order valence-electron chi connectivity index (χ0n) is 12.9. The molecule has 0 saturated carbocycles. The molecule has 2 bridgehead atoms. The molecule has 22 heavy (non-hydrogen) atoms. The molecule has 2 fully saturated rings. The fraction of sp³-hybridized carbons (Fsp3) is 0.667. The third-order valence-corrected chi connectivity index (χ3v) is 5.06. The summed E-state index contributed by atoms with van der Waals surface area (Å²) in [5.41, 5.74) is 0.307. The molecule has 0 aromatic carbocycles. The smallest absolute Gasteiger partial charge is 0.328 e. The van der Waals surface area contributed by atoms with E-state index in [-0.39, 0.29) is 11.9 Å². The standard InChI is InChI=1S/C15H22N4O3/c1-9(15(21)22)19-13(5-6-16-19)14(20)17-10-7-11-3-4-12(8-10)18(11)2/h5-6,9-12H,3-4,7-8H2,1-2H3,(H,17,20)(H,21,22). The first-order valence-electron chi connectivity index (χ1n) is 7.76. The summed E-state index contributed by atoms with van der Waals surface area (Å²) in [4.78, 5) is 26.0. The van der Waals surface area contributed by atoms with Crippen LogP contribution >= 0.6 is 0 Å². The number of hydrogen-bond acceptors (Lipinski definition) is 4. The Hall–Kier alpha value is -1.89. The van der Waals surface area contributed by atoms with Crippen molar-refractivity contribution in [2.75, 3.05) is 7.05 Å². The zero-order chi connectivity index (χ0) is 15.9. The maximum absolute atomic E-state index is 12.5. The molecule has 2 aliphatic rings. The maximum atomic E-state index is 12.5. The number of rotatable bonds is 4. The third-order valence-electron chi connectivity index (χ3n) is 5.06. The first kappa shape index (κ1) is 15.0. The van der Waals surface area contributed by atoms with Crippen LogP contribution in [0.25, 0.3) is 0 Å². The Kier molecular flexibility index (Phi) is 3.90. The minimum Gasteiger partial charge on any atom is -0.480 e. The number of aliphatic carboxylic acids is 1. The van der Waals surface area contributed by atoms with Gasteiger partial charge in [-0.3, -0.25) is 4.79 Å². The summed E-state index contributed by atoms with van der Waals surface area (Å²) in [5.74, 6) is -1.24. The van der Waals surface area contributed by atoms with Gasteiger partial charge in [-0.1, -0.05) is 0 Å². The molecule has 2 saturated heterocycles. The van der Waals surface area contributed by atoms with Gasteiger partial charge in [0.1, 0.15) is 11.7 Å². The van der Waals surface area contributed by atoms with Gasteiger partial charge in [0.25, 0.3) is 5.91 Å². The quantitative estimate of drug-likeness (QED) is 0.862. The Balaban J connectivity index is 1.68. The molecule has 3 heterocycles. The first-order valence-corrected chi connectivity index (χ1v) is 7.76. The van der Waals surface area contributed by atoms with Crippen LogP contribution in [0.2, 0.25) is 0 Å². The number of amides is 1. The van der Waals surface area contributed by atoms with Crippen LogP contribution in [0.4, 0.5) is 0 Å². The van der Waals surface area contributed by atoms with E-state index in [4.69, 9.17) is 5.11 Å². The Morgan fingerprint density at radius 3 is 2.59 bits per heavy atom. The van der Waals surface area contributed by atoms with E-state index in [2.05, 4.69) is 22.4 Å². The summed E-state index contributed by atoms with van der Waals surface area (Å²) in [6.45, 7) is 1.52. The number of carboxylic acid groups (broad SMARTS) is 1. The van der Waals surface area contributed by atoms with Crippen LogP contribution in [0.3, 0.4) is 0 Å². The van der Waals surface area contributed by atoms with Gasteiger partial charge in [0.15, 0.2) is 0 Å². The lowest BCUT2D eigenvalue weighted by Crippen LogP contribution is -2.49. The number of nitrogens with zero attached hydrogens (tertiary/aromatic N) is 3. The first-order chi connectivity index (χ1) is 10.5. The molecular weight excluding hydrogens is 284 g/mol. The highest BCUT2D eigenvalue weighted by Gasteiger charge is 2.39. The highest BCUT2D eigenvalue weighted by molar-refractivity contribution is 5.93. The molecule has 7 nitrogen and oxygen atoms in total. The largest absolute Gasteiger partial charge is 0.480 e. The van der Waals surface area contributed by atoms with Gasteiger partial charge in [-0.15, -0.1) is 0 Å². The van der Waals surface area contributed by atoms with E-state index in [1.165, 1.54) is 30.6 Å². The van der Waals surface area contributed by atoms with Crippen molar-refractivity contribution in [2.24, 2.45) is 0 Å². The van der Waals surface area contributed by atoms with Crippen molar-refractivity contribution in [3.8, 4) is 0 Å². The number of aromatic nitrogens is 2. The Labute approximate surface area is 129 Å². The van der Waals surface area contributed by atoms with E-state index < -0.39 is 12.0 Å². The van der Waals surface area contributed by atoms with Gasteiger partial charge >= 0.3 is 5.97 Å². The third kappa shape index (κ3) is 2.61. The Bertz CT molecular complexity index is 571. The molecule has 0 aliphatic carbocycles. The van der Waals surface area contributed by atoms with Gasteiger partial charge in [0.05, 0.1) is 0 Å². The van der Waals surface area contributed by atoms with Crippen molar-refractivity contribution in [1.82, 2.24) is 20.0 Å². The molecule has 1 amide bonds. The molecule has 120 valence electrons. The molecular formula is C15H22N4O3. The van der Waals surface area contributed by atoms with Crippen molar-refractivity contribution >= 4 is 11.9 Å². The monoisotopic (exact) mass is 306 g/mol. The molecule has 0 radical (unpaired) electrons. The van der Waals surface area contributed by atoms with Gasteiger partial charge in [-0.25, -0.2) is 9.48 Å². The molecule has 1 aromatic heterocycles. The normalized spacial score (nSPS) is 29.3. The number of carboxylic acids is 1. The van der Waals surface area contributed by atoms with Gasteiger partial charge in [0, 0.05) is 24.3 Å². The molecule has 7 heteroatoms. The van der Waals surface area contributed by atoms with Crippen LogP contribution in [0, 0.1) is 0 Å². The van der Waals surface area contributed by atoms with Crippen molar-refractivity contribution in [3.63, 3.8) is 0 Å². The second-order valence-corrected chi connectivity index (χ2v) is 6.37. The summed E-state index contributed by atoms with van der Waals surface area (Å²) in [6, 6.07) is 1.96. The summed E-state index contributed by atoms with van der Waals surface area (Å²) < 4.78 is 1.27. The van der Waals surface area contributed by atoms with Gasteiger partial charge in [0.2, 0.25) is 0 Å². The van der Waals surface area contributed by atoms with Gasteiger partial charge < -0.3 is 15.3 Å². The van der Waals surface area contributed by atoms with Gasteiger partial charge in [-0.2, -0.15) is 5.10 Å². The number of carbonyl (C=O) groups is 2. The lowest BCUT2D eigenvalue weighted by Gasteiger charge is -2.36. The van der Waals surface area contributed by atoms with E-state index in [0.717, 1.165) is 12.8 Å². The summed E-state index contributed by atoms with van der Waals surface area (Å²) >= 11 is 0. The number of nitrogens with one attached hydrogen (secondary N) is 1. The fourth-order valence-electron chi connectivity index (χ4n) is 3.70. The van der Waals surface area contributed by atoms with Crippen LogP contribution in [0.5, 0.6) is 0 Å². The summed E-state index contributed by atoms with van der Waals surface area (Å²) in [7, 11) is 2.16. The predicted octanol–water partition coefficient (Wildman–Crippen LogP) is 0.884. The number of carbonyl (C=O) groups excluding carboxylic acids is 1. The molecule has 0 spiro atoms. The maximum Gasteiger partial charge on any atom is 0.328 e. The topological polar surface area (TPSA) is 87.5 Å². The van der Waals surface area contributed by atoms with Crippen LogP contribution in [0.1, 0.15) is 49.1 Å². The summed E-state index contributed by atoms with van der Waals surface area (Å²) in [5, 5.41) is 16.1. The van der Waals surface area contributed by atoms with Crippen molar-refractivity contribution in [1.29, 1.82) is 0 Å². The van der Waals surface area contributed by atoms with Crippen molar-refractivity contribution in [2.45, 2.75) is 56.8 Å². The minimum absolute atomic E-state index is 0.157. The Morgan fingerprint density at radius 1 is 1.36 bits per heavy atom. The molecule has 2 N–H and O–H groups in total. The molecule has 3 unspecified atom stereocenters. The average molecular weight is 306 g/mol. The van der Waals surface area contributed by atoms with E-state index in [1.807, 2.05) is 0 Å². The zero-order valence-corrected chi connectivity index (χ0v) is 12.9. The average Bonchev–Trinajstić information content (AvgIpc) is 3.02. The number of fused-ring (bicyclic) bond motifs is 2. The minimum atomic E-state index is -1.00. The van der Waals surface area contributed by atoms with E-state index in [1.54, 1.807) is 6.07 Å². The van der Waals surface area contributed by atoms with Crippen LogP contribution in [-0.4, -0.2) is 56.8 Å². The highest BCUT2D eigenvalue weighted by Crippen LogP contribution is 2.34. The van der Waals surface area contributed by atoms with E-state index in [9.17, 15) is 9.59 Å². The Morgan fingerprint density at radius 2 is 2.00 bits per heavy atom. The molecule has 1 aromatic rings. The fourth-order valence-corrected chi connectivity index (χ4v) is 3.70. The van der Waals surface area contributed by atoms with Crippen LogP contribution in [-0.2, 0) is 4.79 Å². The van der Waals surface area contributed by atoms with Gasteiger partial charge in [-0.05, 0) is 45.7 Å². The summed E-state index contributed by atoms with van der Waals surface area (Å²) in [6.07, 6.45) is 5.78. The lowest BCUT2D eigenvalue weighted by atomic mass is 9.98. The second-order valence-electron chi connectivity index (χ2n) is 6.37. The van der Waals surface area contributed by atoms with Crippen LogP contribution in [0.15, 0.2) is 12.3 Å². The molecule has 2 aliphatic heterocycles. The van der Waals surface area contributed by atoms with Crippen molar-refractivity contribution < 1.29 is 14.7 Å². The SMILES string of the molecule is CC(C(=O)O)n1nccc1C(=O)NC1CC2CCC(C1)N2C. The lowest BCUT2D eigenvalue weighted by molar-refractivity contribution is -0.140.